The average Bonchev–Trinajstić information content (AvgIpc) is 2.73. The third-order valence-corrected chi connectivity index (χ3v) is 4.85. The van der Waals surface area contributed by atoms with Crippen molar-refractivity contribution in [2.75, 3.05) is 20.3 Å². The Morgan fingerprint density at radius 2 is 1.81 bits per heavy atom. The molecular formula is C23H25NO7. The standard InChI is InChI=1S/C23H25NO7/c1-4-29-20(26)12-18-17-10-13(14-8-15(25)11-16(9-14)28-3)6-7-19(17)31-22(24)21(18)23(27)30-5-2/h6-11,18,25H,4-5,12,24H2,1-3H3. The van der Waals surface area contributed by atoms with Crippen LogP contribution in [0.4, 0.5) is 0 Å². The van der Waals surface area contributed by atoms with Gasteiger partial charge in [0.1, 0.15) is 22.8 Å². The first-order valence-corrected chi connectivity index (χ1v) is 9.90. The third kappa shape index (κ3) is 4.74. The molecule has 2 aromatic rings. The summed E-state index contributed by atoms with van der Waals surface area (Å²) in [7, 11) is 1.51. The van der Waals surface area contributed by atoms with Crippen LogP contribution < -0.4 is 15.2 Å². The smallest absolute Gasteiger partial charge is 0.340 e. The molecule has 0 saturated heterocycles. The van der Waals surface area contributed by atoms with Gasteiger partial charge in [-0.25, -0.2) is 4.79 Å². The van der Waals surface area contributed by atoms with Crippen LogP contribution in [0.15, 0.2) is 47.9 Å². The summed E-state index contributed by atoms with van der Waals surface area (Å²) >= 11 is 0. The Morgan fingerprint density at radius 3 is 2.48 bits per heavy atom. The zero-order chi connectivity index (χ0) is 22.5. The Balaban J connectivity index is 2.10. The number of nitrogens with two attached hydrogens (primary N) is 1. The fourth-order valence-corrected chi connectivity index (χ4v) is 3.51. The molecule has 8 heteroatoms. The number of fused-ring (bicyclic) bond motifs is 1. The molecule has 3 N–H and O–H groups in total. The molecule has 1 unspecified atom stereocenters. The van der Waals surface area contributed by atoms with Crippen molar-refractivity contribution in [1.29, 1.82) is 0 Å². The Kier molecular flexibility index (Phi) is 6.69. The molecule has 3 rings (SSSR count). The number of phenolic OH excluding ortho intramolecular Hbond substituents is 1. The van der Waals surface area contributed by atoms with Crippen LogP contribution >= 0.6 is 0 Å². The highest BCUT2D eigenvalue weighted by molar-refractivity contribution is 5.93. The van der Waals surface area contributed by atoms with Crippen molar-refractivity contribution in [2.45, 2.75) is 26.2 Å². The monoisotopic (exact) mass is 427 g/mol. The van der Waals surface area contributed by atoms with Crippen LogP contribution in [0, 0.1) is 0 Å². The number of aromatic hydroxyl groups is 1. The van der Waals surface area contributed by atoms with E-state index in [1.807, 2.05) is 0 Å². The summed E-state index contributed by atoms with van der Waals surface area (Å²) in [5, 5.41) is 10.0. The molecule has 0 radical (unpaired) electrons. The number of phenols is 1. The van der Waals surface area contributed by atoms with Gasteiger partial charge in [0.2, 0.25) is 5.88 Å². The quantitative estimate of drug-likeness (QED) is 0.647. The molecule has 1 heterocycles. The molecule has 0 spiro atoms. The van der Waals surface area contributed by atoms with Crippen LogP contribution in [0.5, 0.6) is 17.2 Å². The number of ether oxygens (including phenoxy) is 4. The number of benzene rings is 2. The van der Waals surface area contributed by atoms with E-state index in [2.05, 4.69) is 0 Å². The number of carbonyl (C=O) groups is 2. The molecule has 0 fully saturated rings. The number of methoxy groups -OCH3 is 1. The van der Waals surface area contributed by atoms with E-state index in [1.165, 1.54) is 13.2 Å². The number of carbonyl (C=O) groups excluding carboxylic acids is 2. The van der Waals surface area contributed by atoms with Gasteiger partial charge in [-0.1, -0.05) is 6.07 Å². The maximum Gasteiger partial charge on any atom is 0.340 e. The van der Waals surface area contributed by atoms with Gasteiger partial charge in [0.25, 0.3) is 0 Å². The van der Waals surface area contributed by atoms with Crippen LogP contribution in [0.2, 0.25) is 0 Å². The van der Waals surface area contributed by atoms with Crippen molar-refractivity contribution in [1.82, 2.24) is 0 Å². The van der Waals surface area contributed by atoms with E-state index in [-0.39, 0.29) is 36.8 Å². The van der Waals surface area contributed by atoms with Crippen molar-refractivity contribution in [3.05, 3.63) is 53.4 Å². The van der Waals surface area contributed by atoms with Crippen molar-refractivity contribution < 1.29 is 33.6 Å². The van der Waals surface area contributed by atoms with Crippen molar-refractivity contribution in [3.8, 4) is 28.4 Å². The lowest BCUT2D eigenvalue weighted by Gasteiger charge is -2.28. The van der Waals surface area contributed by atoms with Crippen molar-refractivity contribution in [3.63, 3.8) is 0 Å². The van der Waals surface area contributed by atoms with E-state index in [0.29, 0.717) is 22.6 Å². The topological polar surface area (TPSA) is 117 Å². The van der Waals surface area contributed by atoms with E-state index in [0.717, 1.165) is 5.56 Å². The number of hydrogen-bond donors (Lipinski definition) is 2. The van der Waals surface area contributed by atoms with Gasteiger partial charge in [-0.15, -0.1) is 0 Å². The minimum absolute atomic E-state index is 0.0442. The van der Waals surface area contributed by atoms with E-state index in [9.17, 15) is 14.7 Å². The maximum absolute atomic E-state index is 12.6. The molecule has 0 bridgehead atoms. The van der Waals surface area contributed by atoms with E-state index < -0.39 is 17.9 Å². The molecule has 1 aliphatic rings. The fourth-order valence-electron chi connectivity index (χ4n) is 3.51. The van der Waals surface area contributed by atoms with Crippen LogP contribution in [0.25, 0.3) is 11.1 Å². The first-order valence-electron chi connectivity index (χ1n) is 9.90. The lowest BCUT2D eigenvalue weighted by Crippen LogP contribution is -2.28. The van der Waals surface area contributed by atoms with Gasteiger partial charge in [0, 0.05) is 17.5 Å². The van der Waals surface area contributed by atoms with Crippen LogP contribution in [-0.2, 0) is 19.1 Å². The zero-order valence-electron chi connectivity index (χ0n) is 17.6. The predicted molar refractivity (Wildman–Crippen MR) is 113 cm³/mol. The fraction of sp³-hybridized carbons (Fsp3) is 0.304. The van der Waals surface area contributed by atoms with Crippen LogP contribution in [0.3, 0.4) is 0 Å². The summed E-state index contributed by atoms with van der Waals surface area (Å²) in [4.78, 5) is 24.9. The second kappa shape index (κ2) is 9.42. The van der Waals surface area contributed by atoms with Gasteiger partial charge >= 0.3 is 11.9 Å². The molecule has 1 atom stereocenters. The molecule has 0 saturated carbocycles. The summed E-state index contributed by atoms with van der Waals surface area (Å²) in [5.41, 5.74) is 8.11. The summed E-state index contributed by atoms with van der Waals surface area (Å²) in [6.07, 6.45) is -0.105. The summed E-state index contributed by atoms with van der Waals surface area (Å²) in [5.74, 6) is -0.973. The second-order valence-corrected chi connectivity index (χ2v) is 6.83. The van der Waals surface area contributed by atoms with Gasteiger partial charge < -0.3 is 29.8 Å². The first-order chi connectivity index (χ1) is 14.9. The SMILES string of the molecule is CCOC(=O)CC1C(C(=O)OCC)=C(N)Oc2ccc(-c3cc(O)cc(OC)c3)cc21. The van der Waals surface area contributed by atoms with E-state index in [4.69, 9.17) is 24.7 Å². The zero-order valence-corrected chi connectivity index (χ0v) is 17.6. The van der Waals surface area contributed by atoms with E-state index in [1.54, 1.807) is 44.2 Å². The Hall–Kier alpha value is -3.68. The molecule has 164 valence electrons. The maximum atomic E-state index is 12.6. The second-order valence-electron chi connectivity index (χ2n) is 6.83. The highest BCUT2D eigenvalue weighted by atomic mass is 16.5. The molecule has 8 nitrogen and oxygen atoms in total. The molecule has 1 aliphatic heterocycles. The highest BCUT2D eigenvalue weighted by Gasteiger charge is 2.36. The first kappa shape index (κ1) is 22.0. The van der Waals surface area contributed by atoms with Crippen molar-refractivity contribution >= 4 is 11.9 Å². The van der Waals surface area contributed by atoms with Gasteiger partial charge in [0.05, 0.1) is 26.7 Å². The number of hydrogen-bond acceptors (Lipinski definition) is 8. The van der Waals surface area contributed by atoms with Gasteiger partial charge in [-0.2, -0.15) is 0 Å². The number of rotatable bonds is 7. The van der Waals surface area contributed by atoms with Crippen molar-refractivity contribution in [2.24, 2.45) is 5.73 Å². The lowest BCUT2D eigenvalue weighted by atomic mass is 9.84. The molecule has 2 aromatic carbocycles. The minimum atomic E-state index is -0.707. The van der Waals surface area contributed by atoms with Gasteiger partial charge in [0.15, 0.2) is 0 Å². The predicted octanol–water partition coefficient (Wildman–Crippen LogP) is 3.23. The molecule has 0 aliphatic carbocycles. The normalized spacial score (nSPS) is 15.0. The third-order valence-electron chi connectivity index (χ3n) is 4.85. The Morgan fingerprint density at radius 1 is 1.06 bits per heavy atom. The lowest BCUT2D eigenvalue weighted by molar-refractivity contribution is -0.143. The Labute approximate surface area is 180 Å². The molecule has 0 amide bonds. The molecule has 31 heavy (non-hydrogen) atoms. The average molecular weight is 427 g/mol. The summed E-state index contributed by atoms with van der Waals surface area (Å²) in [6, 6.07) is 10.1. The summed E-state index contributed by atoms with van der Waals surface area (Å²) in [6.45, 7) is 3.75. The summed E-state index contributed by atoms with van der Waals surface area (Å²) < 4.78 is 21.1. The van der Waals surface area contributed by atoms with E-state index >= 15 is 0 Å². The Bertz CT molecular complexity index is 1030. The minimum Gasteiger partial charge on any atom is -0.508 e. The highest BCUT2D eigenvalue weighted by Crippen LogP contribution is 2.43. The molecule has 0 aromatic heterocycles. The number of esters is 2. The molecular weight excluding hydrogens is 402 g/mol. The van der Waals surface area contributed by atoms with Crippen LogP contribution in [-0.4, -0.2) is 37.4 Å². The largest absolute Gasteiger partial charge is 0.508 e. The van der Waals surface area contributed by atoms with Crippen LogP contribution in [0.1, 0.15) is 31.7 Å². The van der Waals surface area contributed by atoms with Gasteiger partial charge in [-0.05, 0) is 49.2 Å². The van der Waals surface area contributed by atoms with Gasteiger partial charge in [-0.3, -0.25) is 4.79 Å².